The molecular weight excluding hydrogens is 264 g/mol. The van der Waals surface area contributed by atoms with Gasteiger partial charge in [-0.1, -0.05) is 23.7 Å². The maximum absolute atomic E-state index is 10.9. The zero-order chi connectivity index (χ0) is 13.8. The minimum Gasteiger partial charge on any atom is -0.258 e. The molecule has 0 amide bonds. The molecule has 5 heteroatoms. The monoisotopic (exact) mass is 274 g/mol. The van der Waals surface area contributed by atoms with Gasteiger partial charge in [-0.15, -0.1) is 0 Å². The lowest BCUT2D eigenvalue weighted by Crippen LogP contribution is -1.94. The van der Waals surface area contributed by atoms with E-state index in [1.165, 1.54) is 24.4 Å². The molecule has 4 nitrogen and oxygen atoms in total. The number of nitrogens with zero attached hydrogens (tertiary/aromatic N) is 2. The summed E-state index contributed by atoms with van der Waals surface area (Å²) in [5.41, 5.74) is 2.20. The third-order valence-corrected chi connectivity index (χ3v) is 2.78. The third-order valence-electron chi connectivity index (χ3n) is 2.54. The molecule has 0 aliphatic carbocycles. The highest BCUT2D eigenvalue weighted by Crippen LogP contribution is 2.22. The van der Waals surface area contributed by atoms with Crippen LogP contribution in [-0.2, 0) is 0 Å². The summed E-state index contributed by atoms with van der Waals surface area (Å²) in [4.78, 5) is 14.7. The highest BCUT2D eigenvalue weighted by molar-refractivity contribution is 6.31. The van der Waals surface area contributed by atoms with Gasteiger partial charge in [-0.3, -0.25) is 15.1 Å². The van der Waals surface area contributed by atoms with Gasteiger partial charge in [0.05, 0.1) is 16.2 Å². The number of aryl methyl sites for hydroxylation is 1. The Kier molecular flexibility index (Phi) is 3.92. The van der Waals surface area contributed by atoms with E-state index < -0.39 is 4.92 Å². The Morgan fingerprint density at radius 1 is 1.26 bits per heavy atom. The summed E-state index contributed by atoms with van der Waals surface area (Å²) in [7, 11) is 0. The molecule has 0 radical (unpaired) electrons. The molecule has 0 aliphatic rings. The molecule has 0 saturated carbocycles. The molecule has 0 aliphatic heterocycles. The molecule has 0 heterocycles. The van der Waals surface area contributed by atoms with Crippen LogP contribution in [0.4, 0.5) is 11.4 Å². The van der Waals surface area contributed by atoms with Gasteiger partial charge in [0.15, 0.2) is 0 Å². The lowest BCUT2D eigenvalue weighted by molar-refractivity contribution is -0.385. The van der Waals surface area contributed by atoms with Gasteiger partial charge in [0.25, 0.3) is 5.69 Å². The van der Waals surface area contributed by atoms with Crippen molar-refractivity contribution in [2.45, 2.75) is 6.92 Å². The van der Waals surface area contributed by atoms with Crippen LogP contribution in [0.3, 0.4) is 0 Å². The van der Waals surface area contributed by atoms with E-state index in [0.717, 1.165) is 11.3 Å². The number of hydrogen-bond donors (Lipinski definition) is 0. The fraction of sp³-hybridized carbons (Fsp3) is 0.0714. The highest BCUT2D eigenvalue weighted by Gasteiger charge is 2.11. The van der Waals surface area contributed by atoms with E-state index in [9.17, 15) is 10.1 Å². The summed E-state index contributed by atoms with van der Waals surface area (Å²) >= 11 is 5.84. The Morgan fingerprint density at radius 3 is 2.74 bits per heavy atom. The van der Waals surface area contributed by atoms with Crippen molar-refractivity contribution in [3.8, 4) is 0 Å². The molecule has 0 N–H and O–H groups in total. The molecule has 0 fully saturated rings. The molecule has 0 atom stereocenters. The van der Waals surface area contributed by atoms with Crippen molar-refractivity contribution < 1.29 is 4.92 Å². The number of halogens is 1. The quantitative estimate of drug-likeness (QED) is 0.476. The zero-order valence-electron chi connectivity index (χ0n) is 10.2. The Morgan fingerprint density at radius 2 is 2.05 bits per heavy atom. The largest absolute Gasteiger partial charge is 0.278 e. The van der Waals surface area contributed by atoms with Gasteiger partial charge < -0.3 is 0 Å². The first-order valence-corrected chi connectivity index (χ1v) is 5.99. The first-order valence-electron chi connectivity index (χ1n) is 5.61. The zero-order valence-corrected chi connectivity index (χ0v) is 11.0. The molecule has 0 aromatic heterocycles. The summed E-state index contributed by atoms with van der Waals surface area (Å²) in [6.07, 6.45) is 1.46. The van der Waals surface area contributed by atoms with Crippen molar-refractivity contribution in [1.29, 1.82) is 0 Å². The van der Waals surface area contributed by atoms with E-state index in [2.05, 4.69) is 4.99 Å². The van der Waals surface area contributed by atoms with Gasteiger partial charge in [0.1, 0.15) is 0 Å². The molecule has 0 spiro atoms. The Labute approximate surface area is 115 Å². The number of hydrogen-bond acceptors (Lipinski definition) is 3. The fourth-order valence-corrected chi connectivity index (χ4v) is 1.83. The third kappa shape index (κ3) is 3.39. The van der Waals surface area contributed by atoms with Crippen molar-refractivity contribution in [2.24, 2.45) is 4.99 Å². The van der Waals surface area contributed by atoms with Crippen LogP contribution in [0.15, 0.2) is 47.5 Å². The van der Waals surface area contributed by atoms with E-state index in [-0.39, 0.29) is 5.69 Å². The van der Waals surface area contributed by atoms with Crippen LogP contribution in [0, 0.1) is 17.0 Å². The highest BCUT2D eigenvalue weighted by atomic mass is 35.5. The lowest BCUT2D eigenvalue weighted by Gasteiger charge is -1.99. The Bertz CT molecular complexity index is 654. The summed E-state index contributed by atoms with van der Waals surface area (Å²) < 4.78 is 0. The van der Waals surface area contributed by atoms with Crippen LogP contribution in [0.2, 0.25) is 5.02 Å². The van der Waals surface area contributed by atoms with Crippen molar-refractivity contribution >= 4 is 29.2 Å². The standard InChI is InChI=1S/C14H11ClN2O2/c1-10-3-2-4-13(7-10)16-9-11-8-12(15)5-6-14(11)17(18)19/h2-9H,1H3. The summed E-state index contributed by atoms with van der Waals surface area (Å²) in [6.45, 7) is 1.96. The van der Waals surface area contributed by atoms with Gasteiger partial charge in [0.2, 0.25) is 0 Å². The number of benzene rings is 2. The second-order valence-electron chi connectivity index (χ2n) is 4.06. The minimum absolute atomic E-state index is 0.0131. The maximum Gasteiger partial charge on any atom is 0.278 e. The van der Waals surface area contributed by atoms with E-state index in [0.29, 0.717) is 10.6 Å². The van der Waals surface area contributed by atoms with Gasteiger partial charge in [0, 0.05) is 17.3 Å². The SMILES string of the molecule is Cc1cccc(N=Cc2cc(Cl)ccc2[N+](=O)[O-])c1. The number of aliphatic imine (C=N–C) groups is 1. The predicted octanol–water partition coefficient (Wildman–Crippen LogP) is 4.31. The van der Waals surface area contributed by atoms with Gasteiger partial charge in [-0.05, 0) is 36.8 Å². The van der Waals surface area contributed by atoms with Gasteiger partial charge >= 0.3 is 0 Å². The minimum atomic E-state index is -0.450. The molecule has 19 heavy (non-hydrogen) atoms. The molecule has 0 saturated heterocycles. The number of rotatable bonds is 3. The van der Waals surface area contributed by atoms with Crippen LogP contribution >= 0.6 is 11.6 Å². The molecule has 2 aromatic carbocycles. The van der Waals surface area contributed by atoms with Crippen molar-refractivity contribution in [2.75, 3.05) is 0 Å². The molecular formula is C14H11ClN2O2. The van der Waals surface area contributed by atoms with Crippen molar-refractivity contribution in [1.82, 2.24) is 0 Å². The van der Waals surface area contributed by atoms with Crippen LogP contribution < -0.4 is 0 Å². The first-order chi connectivity index (χ1) is 9.06. The molecule has 2 rings (SSSR count). The van der Waals surface area contributed by atoms with Crippen LogP contribution in [-0.4, -0.2) is 11.1 Å². The average Bonchev–Trinajstić information content (AvgIpc) is 2.36. The van der Waals surface area contributed by atoms with E-state index in [1.807, 2.05) is 31.2 Å². The normalized spacial score (nSPS) is 10.8. The van der Waals surface area contributed by atoms with Crippen molar-refractivity contribution in [3.05, 3.63) is 68.7 Å². The summed E-state index contributed by atoms with van der Waals surface area (Å²) in [5.74, 6) is 0. The number of nitro benzene ring substituents is 1. The molecule has 0 bridgehead atoms. The van der Waals surface area contributed by atoms with E-state index in [1.54, 1.807) is 0 Å². The second kappa shape index (κ2) is 5.63. The summed E-state index contributed by atoms with van der Waals surface area (Å²) in [6, 6.07) is 12.0. The Balaban J connectivity index is 2.37. The second-order valence-corrected chi connectivity index (χ2v) is 4.49. The Hall–Kier alpha value is -2.20. The number of nitro groups is 1. The predicted molar refractivity (Wildman–Crippen MR) is 76.5 cm³/mol. The smallest absolute Gasteiger partial charge is 0.258 e. The molecule has 96 valence electrons. The van der Waals surface area contributed by atoms with E-state index in [4.69, 9.17) is 11.6 Å². The van der Waals surface area contributed by atoms with Crippen LogP contribution in [0.1, 0.15) is 11.1 Å². The van der Waals surface area contributed by atoms with E-state index >= 15 is 0 Å². The van der Waals surface area contributed by atoms with Crippen LogP contribution in [0.5, 0.6) is 0 Å². The maximum atomic E-state index is 10.9. The first kappa shape index (κ1) is 13.2. The summed E-state index contributed by atoms with van der Waals surface area (Å²) in [5, 5.41) is 11.3. The molecule has 2 aromatic rings. The fourth-order valence-electron chi connectivity index (χ4n) is 1.65. The van der Waals surface area contributed by atoms with Crippen molar-refractivity contribution in [3.63, 3.8) is 0 Å². The van der Waals surface area contributed by atoms with Crippen LogP contribution in [0.25, 0.3) is 0 Å². The van der Waals surface area contributed by atoms with Gasteiger partial charge in [-0.2, -0.15) is 0 Å². The average molecular weight is 275 g/mol. The van der Waals surface area contributed by atoms with Gasteiger partial charge in [-0.25, -0.2) is 0 Å². The lowest BCUT2D eigenvalue weighted by atomic mass is 10.2. The topological polar surface area (TPSA) is 55.5 Å². The molecule has 0 unspecified atom stereocenters.